The third-order valence-corrected chi connectivity index (χ3v) is 3.21. The minimum absolute atomic E-state index is 0.0808. The molecule has 0 radical (unpaired) electrons. The lowest BCUT2D eigenvalue weighted by Gasteiger charge is -2.19. The van der Waals surface area contributed by atoms with Gasteiger partial charge in [0.05, 0.1) is 0 Å². The Morgan fingerprint density at radius 2 is 2.00 bits per heavy atom. The van der Waals surface area contributed by atoms with Gasteiger partial charge in [-0.2, -0.15) is 0 Å². The molecule has 1 heteroatoms. The van der Waals surface area contributed by atoms with Crippen LogP contribution in [0.2, 0.25) is 0 Å². The van der Waals surface area contributed by atoms with Gasteiger partial charge in [0, 0.05) is 6.04 Å². The molecule has 0 bridgehead atoms. The molecule has 0 amide bonds. The maximum absolute atomic E-state index is 6.30. The first-order chi connectivity index (χ1) is 8.22. The number of fused-ring (bicyclic) bond motifs is 1. The Balaban J connectivity index is 2.48. The van der Waals surface area contributed by atoms with Crippen molar-refractivity contribution >= 4 is 6.08 Å². The number of allylic oxidation sites excluding steroid dienone is 3. The fraction of sp³-hybridized carbons (Fsp3) is 0.250. The van der Waals surface area contributed by atoms with Crippen LogP contribution in [0.3, 0.4) is 0 Å². The summed E-state index contributed by atoms with van der Waals surface area (Å²) in [6.07, 6.45) is 9.42. The number of benzene rings is 1. The second-order valence-corrected chi connectivity index (χ2v) is 4.48. The number of nitrogens with two attached hydrogens (primary N) is 1. The highest BCUT2D eigenvalue weighted by atomic mass is 14.6. The molecule has 1 aliphatic carbocycles. The van der Waals surface area contributed by atoms with Crippen LogP contribution in [0, 0.1) is 0 Å². The second kappa shape index (κ2) is 5.15. The molecule has 1 nitrogen and oxygen atoms in total. The van der Waals surface area contributed by atoms with Gasteiger partial charge >= 0.3 is 0 Å². The Hall–Kier alpha value is -1.60. The molecule has 17 heavy (non-hydrogen) atoms. The van der Waals surface area contributed by atoms with Gasteiger partial charge in [-0.1, -0.05) is 48.6 Å². The van der Waals surface area contributed by atoms with E-state index in [0.29, 0.717) is 0 Å². The predicted octanol–water partition coefficient (Wildman–Crippen LogP) is 3.48. The van der Waals surface area contributed by atoms with Gasteiger partial charge in [-0.15, -0.1) is 0 Å². The topological polar surface area (TPSA) is 26.0 Å². The zero-order valence-electron chi connectivity index (χ0n) is 10.5. The van der Waals surface area contributed by atoms with Gasteiger partial charge in [-0.3, -0.25) is 0 Å². The van der Waals surface area contributed by atoms with Crippen LogP contribution in [-0.4, -0.2) is 6.04 Å². The van der Waals surface area contributed by atoms with Gasteiger partial charge in [0.1, 0.15) is 0 Å². The summed E-state index contributed by atoms with van der Waals surface area (Å²) in [5, 5.41) is 0. The van der Waals surface area contributed by atoms with E-state index in [4.69, 9.17) is 5.73 Å². The van der Waals surface area contributed by atoms with E-state index in [1.165, 1.54) is 22.3 Å². The maximum atomic E-state index is 6.30. The van der Waals surface area contributed by atoms with Gasteiger partial charge in [0.2, 0.25) is 0 Å². The monoisotopic (exact) mass is 225 g/mol. The molecule has 1 atom stereocenters. The van der Waals surface area contributed by atoms with E-state index in [2.05, 4.69) is 55.5 Å². The molecule has 2 N–H and O–H groups in total. The van der Waals surface area contributed by atoms with Gasteiger partial charge in [-0.25, -0.2) is 0 Å². The van der Waals surface area contributed by atoms with Crippen molar-refractivity contribution in [1.82, 2.24) is 0 Å². The Morgan fingerprint density at radius 3 is 2.76 bits per heavy atom. The molecule has 1 unspecified atom stereocenters. The predicted molar refractivity (Wildman–Crippen MR) is 74.7 cm³/mol. The van der Waals surface area contributed by atoms with E-state index in [-0.39, 0.29) is 6.04 Å². The summed E-state index contributed by atoms with van der Waals surface area (Å²) >= 11 is 0. The molecule has 1 aromatic rings. The largest absolute Gasteiger partial charge is 0.324 e. The van der Waals surface area contributed by atoms with Crippen LogP contribution in [0.1, 0.15) is 25.0 Å². The molecular formula is C16H19N. The van der Waals surface area contributed by atoms with Crippen molar-refractivity contribution in [2.75, 3.05) is 0 Å². The van der Waals surface area contributed by atoms with E-state index in [1.807, 2.05) is 6.92 Å². The third kappa shape index (κ3) is 2.56. The summed E-state index contributed by atoms with van der Waals surface area (Å²) in [6.45, 7) is 4.16. The molecule has 0 heterocycles. The Bertz CT molecular complexity index is 492. The average molecular weight is 225 g/mol. The summed E-state index contributed by atoms with van der Waals surface area (Å²) in [4.78, 5) is 0. The fourth-order valence-corrected chi connectivity index (χ4v) is 2.27. The normalized spacial score (nSPS) is 26.4. The Labute approximate surface area is 103 Å². The van der Waals surface area contributed by atoms with Crippen LogP contribution in [0.15, 0.2) is 53.6 Å². The van der Waals surface area contributed by atoms with Crippen molar-refractivity contribution in [3.63, 3.8) is 0 Å². The van der Waals surface area contributed by atoms with Gasteiger partial charge in [-0.05, 0) is 42.5 Å². The fourth-order valence-electron chi connectivity index (χ4n) is 2.27. The Morgan fingerprint density at radius 1 is 1.24 bits per heavy atom. The van der Waals surface area contributed by atoms with E-state index >= 15 is 0 Å². The lowest BCUT2D eigenvalue weighted by molar-refractivity contribution is 0.771. The van der Waals surface area contributed by atoms with Crippen molar-refractivity contribution in [1.29, 1.82) is 0 Å². The molecule has 88 valence electrons. The number of hydrogen-bond acceptors (Lipinski definition) is 1. The van der Waals surface area contributed by atoms with Crippen LogP contribution in [0.4, 0.5) is 0 Å². The first-order valence-corrected chi connectivity index (χ1v) is 6.07. The molecular weight excluding hydrogens is 206 g/mol. The second-order valence-electron chi connectivity index (χ2n) is 4.48. The summed E-state index contributed by atoms with van der Waals surface area (Å²) < 4.78 is 0. The van der Waals surface area contributed by atoms with Gasteiger partial charge in [0.25, 0.3) is 0 Å². The number of hydrogen-bond donors (Lipinski definition) is 1. The van der Waals surface area contributed by atoms with Crippen molar-refractivity contribution < 1.29 is 0 Å². The van der Waals surface area contributed by atoms with E-state index in [9.17, 15) is 0 Å². The zero-order chi connectivity index (χ0) is 12.3. The molecule has 1 aromatic carbocycles. The van der Waals surface area contributed by atoms with Crippen LogP contribution >= 0.6 is 0 Å². The minimum atomic E-state index is 0.0808. The number of rotatable bonds is 1. The summed E-state index contributed by atoms with van der Waals surface area (Å²) in [5.74, 6) is 0. The maximum Gasteiger partial charge on any atom is 0.0338 e. The van der Waals surface area contributed by atoms with Crippen LogP contribution < -0.4 is 5.73 Å². The standard InChI is InChI=1S/C16H19N/c1-3-6-15-12(2)9-10-13-7-4-5-8-14(13)11-16(15)17/h3-10,16H,11,17H2,1-2H3/b6-3-,10-9-,15-12-. The highest BCUT2D eigenvalue weighted by molar-refractivity contribution is 5.59. The van der Waals surface area contributed by atoms with Gasteiger partial charge in [0.15, 0.2) is 0 Å². The summed E-state index contributed by atoms with van der Waals surface area (Å²) in [5.41, 5.74) is 11.4. The van der Waals surface area contributed by atoms with E-state index in [0.717, 1.165) is 6.42 Å². The third-order valence-electron chi connectivity index (χ3n) is 3.21. The quantitative estimate of drug-likeness (QED) is 0.778. The molecule has 0 aliphatic heterocycles. The smallest absolute Gasteiger partial charge is 0.0338 e. The van der Waals surface area contributed by atoms with Crippen LogP contribution in [0.25, 0.3) is 6.08 Å². The summed E-state index contributed by atoms with van der Waals surface area (Å²) in [6, 6.07) is 8.53. The molecule has 0 saturated heterocycles. The Kier molecular flexibility index (Phi) is 3.60. The van der Waals surface area contributed by atoms with E-state index < -0.39 is 0 Å². The molecule has 0 spiro atoms. The lowest BCUT2D eigenvalue weighted by atomic mass is 9.90. The SMILES string of the molecule is C\C=C/C1=C(C)/C=C\c2ccccc2CC1N. The first-order valence-electron chi connectivity index (χ1n) is 6.07. The lowest BCUT2D eigenvalue weighted by Crippen LogP contribution is -2.26. The zero-order valence-corrected chi connectivity index (χ0v) is 10.5. The highest BCUT2D eigenvalue weighted by Crippen LogP contribution is 2.22. The van der Waals surface area contributed by atoms with E-state index in [1.54, 1.807) is 0 Å². The minimum Gasteiger partial charge on any atom is -0.324 e. The van der Waals surface area contributed by atoms with Crippen molar-refractivity contribution in [3.05, 3.63) is 64.8 Å². The molecule has 0 fully saturated rings. The van der Waals surface area contributed by atoms with Crippen molar-refractivity contribution in [2.45, 2.75) is 26.3 Å². The van der Waals surface area contributed by atoms with Crippen molar-refractivity contribution in [2.24, 2.45) is 5.73 Å². The van der Waals surface area contributed by atoms with Crippen molar-refractivity contribution in [3.8, 4) is 0 Å². The van der Waals surface area contributed by atoms with Gasteiger partial charge < -0.3 is 5.73 Å². The van der Waals surface area contributed by atoms with Crippen LogP contribution in [0.5, 0.6) is 0 Å². The van der Waals surface area contributed by atoms with Crippen LogP contribution in [-0.2, 0) is 6.42 Å². The molecule has 2 rings (SSSR count). The molecule has 1 aliphatic rings. The first kappa shape index (κ1) is 11.9. The summed E-state index contributed by atoms with van der Waals surface area (Å²) in [7, 11) is 0. The average Bonchev–Trinajstić information content (AvgIpc) is 2.33. The molecule has 0 aromatic heterocycles. The highest BCUT2D eigenvalue weighted by Gasteiger charge is 2.13. The molecule has 0 saturated carbocycles.